The maximum Gasteiger partial charge on any atom is 0.220 e. The Labute approximate surface area is 172 Å². The summed E-state index contributed by atoms with van der Waals surface area (Å²) >= 11 is 0. The average Bonchev–Trinajstić information content (AvgIpc) is 3.05. The Bertz CT molecular complexity index is 969. The number of carbonyl (C=O) groups is 1. The molecule has 0 saturated carbocycles. The van der Waals surface area contributed by atoms with Gasteiger partial charge < -0.3 is 11.1 Å². The van der Waals surface area contributed by atoms with Crippen molar-refractivity contribution >= 4 is 34.9 Å². The third-order valence-electron chi connectivity index (χ3n) is 5.77. The number of hydrogen-bond donors (Lipinski definition) is 2. The lowest BCUT2D eigenvalue weighted by Crippen LogP contribution is -2.52. The number of aromatic nitrogens is 3. The Balaban J connectivity index is 0.00000280. The first kappa shape index (κ1) is 22.1. The molecule has 2 aromatic heterocycles. The number of halogens is 1. The monoisotopic (exact) mass is 403 g/mol. The highest BCUT2D eigenvalue weighted by molar-refractivity contribution is 5.92. The molecule has 7 heteroatoms. The van der Waals surface area contributed by atoms with Gasteiger partial charge in [-0.25, -0.2) is 9.50 Å². The number of nitrogens with zero attached hydrogens (tertiary/aromatic N) is 3. The standard InChI is InChI=1S/C21H29N5O.ClH/c1-5-21(6-2,13-22)24-19(27)12-11-16-14(3)23-20-17-9-7-8-10-18(17)25-26(20)15(16)4;/h7-10H,5-6,11-13,22H2,1-4H3,(H,24,27);1H. The van der Waals surface area contributed by atoms with Crippen LogP contribution in [0.1, 0.15) is 50.1 Å². The van der Waals surface area contributed by atoms with Crippen molar-refractivity contribution in [2.24, 2.45) is 5.73 Å². The summed E-state index contributed by atoms with van der Waals surface area (Å²) in [6.07, 6.45) is 2.71. The summed E-state index contributed by atoms with van der Waals surface area (Å²) in [6, 6.07) is 8.01. The molecule has 1 amide bonds. The summed E-state index contributed by atoms with van der Waals surface area (Å²) in [5.41, 5.74) is 10.5. The summed E-state index contributed by atoms with van der Waals surface area (Å²) in [4.78, 5) is 17.3. The van der Waals surface area contributed by atoms with E-state index in [4.69, 9.17) is 10.7 Å². The smallest absolute Gasteiger partial charge is 0.220 e. The molecule has 0 atom stereocenters. The SMILES string of the molecule is CCC(CC)(CN)NC(=O)CCc1c(C)nc2c3ccccc3nn2c1C.Cl. The van der Waals surface area contributed by atoms with Gasteiger partial charge in [0.25, 0.3) is 0 Å². The van der Waals surface area contributed by atoms with Crippen molar-refractivity contribution in [3.8, 4) is 0 Å². The summed E-state index contributed by atoms with van der Waals surface area (Å²) < 4.78 is 1.90. The van der Waals surface area contributed by atoms with Gasteiger partial charge in [0.1, 0.15) is 0 Å². The normalized spacial score (nSPS) is 11.6. The third kappa shape index (κ3) is 3.98. The lowest BCUT2D eigenvalue weighted by molar-refractivity contribution is -0.123. The molecule has 0 radical (unpaired) electrons. The molecule has 152 valence electrons. The van der Waals surface area contributed by atoms with E-state index in [0.29, 0.717) is 19.4 Å². The highest BCUT2D eigenvalue weighted by atomic mass is 35.5. The second-order valence-electron chi connectivity index (χ2n) is 7.25. The van der Waals surface area contributed by atoms with E-state index in [2.05, 4.69) is 24.3 Å². The highest BCUT2D eigenvalue weighted by Crippen LogP contribution is 2.23. The molecule has 0 aliphatic carbocycles. The van der Waals surface area contributed by atoms with Crippen molar-refractivity contribution in [2.45, 2.75) is 58.9 Å². The minimum Gasteiger partial charge on any atom is -0.349 e. The third-order valence-corrected chi connectivity index (χ3v) is 5.77. The van der Waals surface area contributed by atoms with Crippen LogP contribution in [0.25, 0.3) is 16.6 Å². The predicted molar refractivity (Wildman–Crippen MR) is 116 cm³/mol. The Morgan fingerprint density at radius 3 is 2.54 bits per heavy atom. The van der Waals surface area contributed by atoms with Crippen LogP contribution in [0, 0.1) is 13.8 Å². The van der Waals surface area contributed by atoms with Crippen LogP contribution in [0.4, 0.5) is 0 Å². The van der Waals surface area contributed by atoms with Crippen molar-refractivity contribution < 1.29 is 4.79 Å². The minimum absolute atomic E-state index is 0. The number of benzene rings is 1. The van der Waals surface area contributed by atoms with Crippen LogP contribution in [-0.4, -0.2) is 32.6 Å². The number of nitrogens with two attached hydrogens (primary N) is 1. The fraction of sp³-hybridized carbons (Fsp3) is 0.476. The first-order valence-corrected chi connectivity index (χ1v) is 9.69. The van der Waals surface area contributed by atoms with Gasteiger partial charge in [-0.3, -0.25) is 4.79 Å². The van der Waals surface area contributed by atoms with Crippen LogP contribution < -0.4 is 11.1 Å². The Kier molecular flexibility index (Phi) is 7.01. The Morgan fingerprint density at radius 2 is 1.89 bits per heavy atom. The zero-order valence-electron chi connectivity index (χ0n) is 17.1. The van der Waals surface area contributed by atoms with Crippen LogP contribution in [0.5, 0.6) is 0 Å². The number of hydrogen-bond acceptors (Lipinski definition) is 4. The first-order chi connectivity index (χ1) is 12.9. The molecule has 6 nitrogen and oxygen atoms in total. The highest BCUT2D eigenvalue weighted by Gasteiger charge is 2.26. The number of rotatable bonds is 7. The van der Waals surface area contributed by atoms with Gasteiger partial charge in [0.2, 0.25) is 5.91 Å². The largest absolute Gasteiger partial charge is 0.349 e. The molecular weight excluding hydrogens is 374 g/mol. The predicted octanol–water partition coefficient (Wildman–Crippen LogP) is 3.49. The van der Waals surface area contributed by atoms with E-state index in [9.17, 15) is 4.79 Å². The fourth-order valence-electron chi connectivity index (χ4n) is 3.70. The van der Waals surface area contributed by atoms with Gasteiger partial charge in [-0.15, -0.1) is 12.4 Å². The van der Waals surface area contributed by atoms with Crippen molar-refractivity contribution in [2.75, 3.05) is 6.54 Å². The van der Waals surface area contributed by atoms with Crippen molar-refractivity contribution in [3.63, 3.8) is 0 Å². The van der Waals surface area contributed by atoms with Gasteiger partial charge in [-0.1, -0.05) is 26.0 Å². The molecule has 28 heavy (non-hydrogen) atoms. The second-order valence-corrected chi connectivity index (χ2v) is 7.25. The fourth-order valence-corrected chi connectivity index (χ4v) is 3.70. The number of carbonyl (C=O) groups excluding carboxylic acids is 1. The molecular formula is C21H30ClN5O. The molecule has 3 aromatic rings. The van der Waals surface area contributed by atoms with Gasteiger partial charge in [-0.05, 0) is 50.8 Å². The molecule has 2 heterocycles. The first-order valence-electron chi connectivity index (χ1n) is 9.69. The van der Waals surface area contributed by atoms with E-state index in [1.165, 1.54) is 0 Å². The van der Waals surface area contributed by atoms with Crippen LogP contribution in [-0.2, 0) is 11.2 Å². The molecule has 1 aromatic carbocycles. The second kappa shape index (κ2) is 8.88. The van der Waals surface area contributed by atoms with E-state index >= 15 is 0 Å². The molecule has 0 saturated heterocycles. The van der Waals surface area contributed by atoms with Gasteiger partial charge in [0.15, 0.2) is 5.65 Å². The molecule has 0 bridgehead atoms. The molecule has 0 spiro atoms. The number of amides is 1. The number of nitrogens with one attached hydrogen (secondary N) is 1. The van der Waals surface area contributed by atoms with Crippen LogP contribution in [0.15, 0.2) is 24.3 Å². The maximum atomic E-state index is 12.5. The van der Waals surface area contributed by atoms with E-state index in [1.54, 1.807) is 0 Å². The molecule has 0 fully saturated rings. The van der Waals surface area contributed by atoms with Crippen LogP contribution in [0.2, 0.25) is 0 Å². The lowest BCUT2D eigenvalue weighted by atomic mass is 9.92. The molecule has 0 unspecified atom stereocenters. The zero-order valence-corrected chi connectivity index (χ0v) is 17.9. The summed E-state index contributed by atoms with van der Waals surface area (Å²) in [6.45, 7) is 8.63. The summed E-state index contributed by atoms with van der Waals surface area (Å²) in [7, 11) is 0. The number of aryl methyl sites for hydroxylation is 2. The molecule has 3 rings (SSSR count). The van der Waals surface area contributed by atoms with Gasteiger partial charge in [0, 0.05) is 29.7 Å². The van der Waals surface area contributed by atoms with Gasteiger partial charge in [0.05, 0.1) is 11.1 Å². The van der Waals surface area contributed by atoms with Gasteiger partial charge >= 0.3 is 0 Å². The Morgan fingerprint density at radius 1 is 1.21 bits per heavy atom. The van der Waals surface area contributed by atoms with E-state index in [0.717, 1.165) is 46.3 Å². The lowest BCUT2D eigenvalue weighted by Gasteiger charge is -2.31. The molecule has 0 aliphatic heterocycles. The van der Waals surface area contributed by atoms with E-state index in [-0.39, 0.29) is 23.9 Å². The van der Waals surface area contributed by atoms with Crippen molar-refractivity contribution in [1.29, 1.82) is 0 Å². The Hall–Kier alpha value is -2.18. The zero-order chi connectivity index (χ0) is 19.6. The van der Waals surface area contributed by atoms with Crippen LogP contribution in [0.3, 0.4) is 0 Å². The van der Waals surface area contributed by atoms with Crippen LogP contribution >= 0.6 is 12.4 Å². The maximum absolute atomic E-state index is 12.5. The van der Waals surface area contributed by atoms with E-state index < -0.39 is 0 Å². The molecule has 0 aliphatic rings. The van der Waals surface area contributed by atoms with Crippen molar-refractivity contribution in [3.05, 3.63) is 41.2 Å². The van der Waals surface area contributed by atoms with Gasteiger partial charge in [-0.2, -0.15) is 5.10 Å². The minimum atomic E-state index is -0.302. The van der Waals surface area contributed by atoms with E-state index in [1.807, 2.05) is 42.6 Å². The quantitative estimate of drug-likeness (QED) is 0.632. The summed E-state index contributed by atoms with van der Waals surface area (Å²) in [5.74, 6) is 0.0358. The van der Waals surface area contributed by atoms with Crippen molar-refractivity contribution in [1.82, 2.24) is 19.9 Å². The molecule has 3 N–H and O–H groups in total. The topological polar surface area (TPSA) is 85.3 Å². The average molecular weight is 404 g/mol. The summed E-state index contributed by atoms with van der Waals surface area (Å²) in [5, 5.41) is 8.87. The number of fused-ring (bicyclic) bond motifs is 3.